The summed E-state index contributed by atoms with van der Waals surface area (Å²) in [6.45, 7) is 2.20. The van der Waals surface area contributed by atoms with Crippen LogP contribution in [0.4, 0.5) is 5.69 Å². The van der Waals surface area contributed by atoms with Gasteiger partial charge in [0.15, 0.2) is 0 Å². The van der Waals surface area contributed by atoms with Crippen molar-refractivity contribution < 1.29 is 9.53 Å². The summed E-state index contributed by atoms with van der Waals surface area (Å²) >= 11 is 2.17. The molecule has 2 N–H and O–H groups in total. The molecule has 0 aromatic heterocycles. The summed E-state index contributed by atoms with van der Waals surface area (Å²) in [5, 5.41) is 0. The molecule has 2 unspecified atom stereocenters. The minimum absolute atomic E-state index is 0.0588. The van der Waals surface area contributed by atoms with Crippen LogP contribution in [0.25, 0.3) is 0 Å². The molecule has 3 nitrogen and oxygen atoms in total. The van der Waals surface area contributed by atoms with E-state index in [0.29, 0.717) is 17.2 Å². The number of carbonyl (C=O) groups is 1. The number of hydrogen-bond acceptors (Lipinski definition) is 3. The second-order valence-corrected chi connectivity index (χ2v) is 6.45. The first-order valence-electron chi connectivity index (χ1n) is 6.86. The van der Waals surface area contributed by atoms with E-state index in [1.54, 1.807) is 12.1 Å². The van der Waals surface area contributed by atoms with Gasteiger partial charge in [0, 0.05) is 9.26 Å². The van der Waals surface area contributed by atoms with Crippen molar-refractivity contribution in [1.82, 2.24) is 0 Å². The Kier molecular flexibility index (Phi) is 5.07. The Morgan fingerprint density at radius 2 is 2.26 bits per heavy atom. The number of benzene rings is 1. The Balaban J connectivity index is 2.02. The highest BCUT2D eigenvalue weighted by atomic mass is 127. The third-order valence-electron chi connectivity index (χ3n) is 3.82. The number of carbonyl (C=O) groups excluding carboxylic acids is 1. The Hall–Kier alpha value is -0.780. The lowest BCUT2D eigenvalue weighted by Gasteiger charge is -2.28. The molecule has 1 aromatic carbocycles. The Morgan fingerprint density at radius 3 is 3.00 bits per heavy atom. The van der Waals surface area contributed by atoms with Crippen molar-refractivity contribution in [3.05, 3.63) is 27.3 Å². The van der Waals surface area contributed by atoms with Gasteiger partial charge >= 0.3 is 5.97 Å². The molecule has 0 bridgehead atoms. The van der Waals surface area contributed by atoms with E-state index in [1.165, 1.54) is 12.8 Å². The van der Waals surface area contributed by atoms with Gasteiger partial charge in [-0.05, 0) is 66.0 Å². The van der Waals surface area contributed by atoms with Crippen molar-refractivity contribution in [2.24, 2.45) is 5.92 Å². The lowest BCUT2D eigenvalue weighted by molar-refractivity contribution is 0.0141. The fourth-order valence-electron chi connectivity index (χ4n) is 2.64. The maximum atomic E-state index is 12.2. The molecule has 0 aliphatic heterocycles. The predicted molar refractivity (Wildman–Crippen MR) is 85.0 cm³/mol. The largest absolute Gasteiger partial charge is 0.459 e. The number of hydrogen-bond donors (Lipinski definition) is 1. The van der Waals surface area contributed by atoms with E-state index < -0.39 is 0 Å². The molecule has 19 heavy (non-hydrogen) atoms. The van der Waals surface area contributed by atoms with Crippen LogP contribution in [-0.4, -0.2) is 12.1 Å². The molecule has 1 saturated carbocycles. The summed E-state index contributed by atoms with van der Waals surface area (Å²) in [7, 11) is 0. The van der Waals surface area contributed by atoms with Crippen LogP contribution >= 0.6 is 22.6 Å². The number of nitrogen functional groups attached to an aromatic ring is 1. The molecule has 0 radical (unpaired) electrons. The zero-order valence-electron chi connectivity index (χ0n) is 11.2. The molecule has 0 saturated heterocycles. The van der Waals surface area contributed by atoms with Crippen molar-refractivity contribution in [1.29, 1.82) is 0 Å². The number of esters is 1. The third kappa shape index (κ3) is 3.84. The van der Waals surface area contributed by atoms with Crippen LogP contribution in [0.3, 0.4) is 0 Å². The van der Waals surface area contributed by atoms with Gasteiger partial charge < -0.3 is 10.5 Å². The lowest BCUT2D eigenvalue weighted by atomic mass is 9.85. The fourth-order valence-corrected chi connectivity index (χ4v) is 3.13. The molecule has 1 aliphatic rings. The molecule has 1 fully saturated rings. The van der Waals surface area contributed by atoms with E-state index in [0.717, 1.165) is 22.8 Å². The number of rotatable bonds is 3. The summed E-state index contributed by atoms with van der Waals surface area (Å²) in [5.41, 5.74) is 6.83. The first-order valence-corrected chi connectivity index (χ1v) is 7.94. The van der Waals surface area contributed by atoms with E-state index in [1.807, 2.05) is 6.07 Å². The molecule has 104 valence electrons. The lowest BCUT2D eigenvalue weighted by Crippen LogP contribution is -2.25. The SMILES string of the molecule is CCC1CCCC(OC(=O)c2cc(I)ccc2N)C1. The molecule has 4 heteroatoms. The van der Waals surface area contributed by atoms with E-state index in [-0.39, 0.29) is 12.1 Å². The molecule has 0 heterocycles. The van der Waals surface area contributed by atoms with Crippen LogP contribution in [0.1, 0.15) is 49.4 Å². The van der Waals surface area contributed by atoms with Gasteiger partial charge in [0.1, 0.15) is 6.10 Å². The van der Waals surface area contributed by atoms with Gasteiger partial charge in [0.25, 0.3) is 0 Å². The molecule has 0 amide bonds. The minimum Gasteiger partial charge on any atom is -0.459 e. The summed E-state index contributed by atoms with van der Waals surface area (Å²) in [5.74, 6) is 0.414. The Labute approximate surface area is 128 Å². The van der Waals surface area contributed by atoms with Gasteiger partial charge in [0.2, 0.25) is 0 Å². The van der Waals surface area contributed by atoms with Crippen molar-refractivity contribution in [3.8, 4) is 0 Å². The van der Waals surface area contributed by atoms with Crippen molar-refractivity contribution in [3.63, 3.8) is 0 Å². The van der Waals surface area contributed by atoms with Crippen LogP contribution in [0, 0.1) is 9.49 Å². The van der Waals surface area contributed by atoms with Gasteiger partial charge in [0.05, 0.1) is 5.56 Å². The number of ether oxygens (including phenoxy) is 1. The van der Waals surface area contributed by atoms with E-state index >= 15 is 0 Å². The third-order valence-corrected chi connectivity index (χ3v) is 4.49. The first kappa shape index (κ1) is 14.6. The van der Waals surface area contributed by atoms with Gasteiger partial charge in [-0.2, -0.15) is 0 Å². The monoisotopic (exact) mass is 373 g/mol. The van der Waals surface area contributed by atoms with E-state index in [4.69, 9.17) is 10.5 Å². The Bertz CT molecular complexity index is 461. The first-order chi connectivity index (χ1) is 9.10. The number of halogens is 1. The highest BCUT2D eigenvalue weighted by molar-refractivity contribution is 14.1. The number of anilines is 1. The van der Waals surface area contributed by atoms with Gasteiger partial charge in [-0.15, -0.1) is 0 Å². The highest BCUT2D eigenvalue weighted by Crippen LogP contribution is 2.29. The standard InChI is InChI=1S/C15H20INO2/c1-2-10-4-3-5-12(8-10)19-15(18)13-9-11(16)6-7-14(13)17/h6-7,9-10,12H,2-5,8,17H2,1H3. The second-order valence-electron chi connectivity index (χ2n) is 5.20. The zero-order chi connectivity index (χ0) is 13.8. The fraction of sp³-hybridized carbons (Fsp3) is 0.533. The van der Waals surface area contributed by atoms with Gasteiger partial charge in [-0.25, -0.2) is 4.79 Å². The maximum absolute atomic E-state index is 12.2. The van der Waals surface area contributed by atoms with Crippen molar-refractivity contribution in [2.75, 3.05) is 5.73 Å². The summed E-state index contributed by atoms with van der Waals surface area (Å²) in [4.78, 5) is 12.2. The zero-order valence-corrected chi connectivity index (χ0v) is 13.4. The Morgan fingerprint density at radius 1 is 1.47 bits per heavy atom. The van der Waals surface area contributed by atoms with Crippen molar-refractivity contribution >= 4 is 34.2 Å². The van der Waals surface area contributed by atoms with Gasteiger partial charge in [-0.3, -0.25) is 0 Å². The quantitative estimate of drug-likeness (QED) is 0.495. The summed E-state index contributed by atoms with van der Waals surface area (Å²) in [6.07, 6.45) is 5.61. The molecule has 2 atom stereocenters. The average molecular weight is 373 g/mol. The van der Waals surface area contributed by atoms with Gasteiger partial charge in [-0.1, -0.05) is 19.8 Å². The van der Waals surface area contributed by atoms with E-state index in [2.05, 4.69) is 29.5 Å². The second kappa shape index (κ2) is 6.59. The summed E-state index contributed by atoms with van der Waals surface area (Å²) < 4.78 is 6.62. The van der Waals surface area contributed by atoms with Crippen LogP contribution in [0.2, 0.25) is 0 Å². The van der Waals surface area contributed by atoms with Crippen LogP contribution < -0.4 is 5.73 Å². The van der Waals surface area contributed by atoms with E-state index in [9.17, 15) is 4.79 Å². The summed E-state index contributed by atoms with van der Waals surface area (Å²) in [6, 6.07) is 5.44. The van der Waals surface area contributed by atoms with Crippen LogP contribution in [-0.2, 0) is 4.74 Å². The molecular formula is C15H20INO2. The molecule has 2 rings (SSSR count). The topological polar surface area (TPSA) is 52.3 Å². The highest BCUT2D eigenvalue weighted by Gasteiger charge is 2.24. The normalized spacial score (nSPS) is 23.1. The maximum Gasteiger partial charge on any atom is 0.340 e. The molecule has 0 spiro atoms. The smallest absolute Gasteiger partial charge is 0.340 e. The molecular weight excluding hydrogens is 353 g/mol. The molecule has 1 aromatic rings. The minimum atomic E-state index is -0.280. The molecule has 1 aliphatic carbocycles. The number of nitrogens with two attached hydrogens (primary N) is 1. The average Bonchev–Trinajstić information content (AvgIpc) is 2.41. The van der Waals surface area contributed by atoms with Crippen LogP contribution in [0.5, 0.6) is 0 Å². The predicted octanol–water partition coefficient (Wildman–Crippen LogP) is 4.00. The van der Waals surface area contributed by atoms with Crippen molar-refractivity contribution in [2.45, 2.75) is 45.1 Å². The van der Waals surface area contributed by atoms with Crippen LogP contribution in [0.15, 0.2) is 18.2 Å².